The van der Waals surface area contributed by atoms with Gasteiger partial charge in [0.2, 0.25) is 0 Å². The van der Waals surface area contributed by atoms with Crippen LogP contribution >= 0.6 is 24.4 Å². The normalized spacial score (nSPS) is 33.8. The molecule has 1 saturated carbocycles. The van der Waals surface area contributed by atoms with E-state index in [1.807, 2.05) is 0 Å². The van der Waals surface area contributed by atoms with Crippen molar-refractivity contribution in [1.29, 1.82) is 0 Å². The first-order valence-electron chi connectivity index (χ1n) is 4.65. The molecule has 0 spiro atoms. The highest BCUT2D eigenvalue weighted by Gasteiger charge is 2.39. The molecule has 0 aromatic heterocycles. The molecule has 2 atom stereocenters. The van der Waals surface area contributed by atoms with E-state index in [2.05, 4.69) is 0 Å². The van der Waals surface area contributed by atoms with Gasteiger partial charge in [-0.15, -0.1) is 0 Å². The highest BCUT2D eigenvalue weighted by atomic mass is 32.1. The summed E-state index contributed by atoms with van der Waals surface area (Å²) in [6, 6.07) is 0. The average Bonchev–Trinajstić information content (AvgIpc) is 2.53. The minimum Gasteiger partial charge on any atom is -0.271 e. The van der Waals surface area contributed by atoms with Crippen LogP contribution in [0.4, 0.5) is 0 Å². The molecule has 1 saturated heterocycles. The fourth-order valence-electron chi connectivity index (χ4n) is 2.38. The standard InChI is InChI=1S/C9H13NOS2/c1-11-10-8(12)5-6-3-2-4-7(6)9(10)13/h6-7H,2-5H2,1H3. The van der Waals surface area contributed by atoms with Crippen molar-refractivity contribution < 1.29 is 4.84 Å². The fourth-order valence-corrected chi connectivity index (χ4v) is 3.32. The molecule has 0 aromatic rings. The lowest BCUT2D eigenvalue weighted by Crippen LogP contribution is -2.44. The first kappa shape index (κ1) is 9.49. The minimum absolute atomic E-state index is 0.543. The van der Waals surface area contributed by atoms with Crippen LogP contribution in [0.5, 0.6) is 0 Å². The molecule has 1 aliphatic heterocycles. The Labute approximate surface area is 89.2 Å². The van der Waals surface area contributed by atoms with Gasteiger partial charge in [0.05, 0.1) is 7.11 Å². The molecule has 2 aliphatic rings. The van der Waals surface area contributed by atoms with E-state index in [-0.39, 0.29) is 0 Å². The average molecular weight is 215 g/mol. The van der Waals surface area contributed by atoms with Gasteiger partial charge in [0.25, 0.3) is 0 Å². The number of piperidine rings is 1. The Kier molecular flexibility index (Phi) is 2.62. The summed E-state index contributed by atoms with van der Waals surface area (Å²) in [5.74, 6) is 1.24. The van der Waals surface area contributed by atoms with Crippen molar-refractivity contribution in [3.05, 3.63) is 0 Å². The van der Waals surface area contributed by atoms with Crippen LogP contribution in [0.2, 0.25) is 0 Å². The van der Waals surface area contributed by atoms with Gasteiger partial charge in [-0.25, -0.2) is 5.06 Å². The molecule has 1 heterocycles. The third-order valence-corrected chi connectivity index (χ3v) is 3.82. The molecular weight excluding hydrogens is 202 g/mol. The summed E-state index contributed by atoms with van der Waals surface area (Å²) >= 11 is 10.6. The molecule has 1 aliphatic carbocycles. The van der Waals surface area contributed by atoms with E-state index < -0.39 is 0 Å². The van der Waals surface area contributed by atoms with Crippen molar-refractivity contribution in [2.75, 3.05) is 7.11 Å². The molecule has 2 rings (SSSR count). The van der Waals surface area contributed by atoms with Crippen LogP contribution < -0.4 is 0 Å². The van der Waals surface area contributed by atoms with Gasteiger partial charge in [-0.3, -0.25) is 4.84 Å². The minimum atomic E-state index is 0.543. The monoisotopic (exact) mass is 215 g/mol. The van der Waals surface area contributed by atoms with Crippen LogP contribution in [0.3, 0.4) is 0 Å². The molecular formula is C9H13NOS2. The quantitative estimate of drug-likeness (QED) is 0.622. The molecule has 0 N–H and O–H groups in total. The lowest BCUT2D eigenvalue weighted by atomic mass is 9.89. The third kappa shape index (κ3) is 1.51. The number of hydrogen-bond donors (Lipinski definition) is 0. The topological polar surface area (TPSA) is 12.5 Å². The van der Waals surface area contributed by atoms with Gasteiger partial charge < -0.3 is 0 Å². The number of rotatable bonds is 1. The van der Waals surface area contributed by atoms with Crippen molar-refractivity contribution in [2.24, 2.45) is 11.8 Å². The number of hydroxylamine groups is 2. The van der Waals surface area contributed by atoms with E-state index in [1.165, 1.54) is 19.3 Å². The molecule has 0 radical (unpaired) electrons. The molecule has 0 amide bonds. The summed E-state index contributed by atoms with van der Waals surface area (Å²) in [5, 5.41) is 1.66. The highest BCUT2D eigenvalue weighted by molar-refractivity contribution is 7.81. The number of fused-ring (bicyclic) bond motifs is 1. The summed E-state index contributed by atoms with van der Waals surface area (Å²) < 4.78 is 0. The fraction of sp³-hybridized carbons (Fsp3) is 0.778. The Morgan fingerprint density at radius 1 is 1.38 bits per heavy atom. The van der Waals surface area contributed by atoms with Crippen LogP contribution in [-0.4, -0.2) is 22.2 Å². The predicted molar refractivity (Wildman–Crippen MR) is 59.5 cm³/mol. The van der Waals surface area contributed by atoms with Gasteiger partial charge in [0.15, 0.2) is 0 Å². The zero-order valence-corrected chi connectivity index (χ0v) is 9.29. The molecule has 4 heteroatoms. The smallest absolute Gasteiger partial charge is 0.113 e. The molecule has 13 heavy (non-hydrogen) atoms. The maximum atomic E-state index is 5.35. The van der Waals surface area contributed by atoms with E-state index in [9.17, 15) is 0 Å². The number of hydrogen-bond acceptors (Lipinski definition) is 3. The van der Waals surface area contributed by atoms with E-state index >= 15 is 0 Å². The number of thiocarbonyl (C=S) groups is 2. The zero-order valence-electron chi connectivity index (χ0n) is 7.66. The second-order valence-corrected chi connectivity index (χ2v) is 4.60. The van der Waals surface area contributed by atoms with Crippen molar-refractivity contribution in [2.45, 2.75) is 25.7 Å². The predicted octanol–water partition coefficient (Wildman–Crippen LogP) is 2.32. The second-order valence-electron chi connectivity index (χ2n) is 3.71. The third-order valence-electron chi connectivity index (χ3n) is 3.02. The first-order valence-corrected chi connectivity index (χ1v) is 5.46. The van der Waals surface area contributed by atoms with Gasteiger partial charge in [-0.1, -0.05) is 30.9 Å². The summed E-state index contributed by atoms with van der Waals surface area (Å²) in [4.78, 5) is 6.94. The van der Waals surface area contributed by atoms with Crippen LogP contribution in [0.25, 0.3) is 0 Å². The van der Waals surface area contributed by atoms with Crippen LogP contribution in [0.1, 0.15) is 25.7 Å². The zero-order chi connectivity index (χ0) is 9.42. The summed E-state index contributed by atoms with van der Waals surface area (Å²) in [5.41, 5.74) is 0. The maximum Gasteiger partial charge on any atom is 0.113 e. The highest BCUT2D eigenvalue weighted by Crippen LogP contribution is 2.40. The maximum absolute atomic E-state index is 5.35. The van der Waals surface area contributed by atoms with Gasteiger partial charge in [-0.2, -0.15) is 0 Å². The van der Waals surface area contributed by atoms with Gasteiger partial charge in [0.1, 0.15) is 9.98 Å². The molecule has 0 aromatic carbocycles. The Hall–Kier alpha value is -0.0600. The Morgan fingerprint density at radius 2 is 2.15 bits per heavy atom. The van der Waals surface area contributed by atoms with E-state index in [0.29, 0.717) is 11.8 Å². The van der Waals surface area contributed by atoms with Crippen LogP contribution in [-0.2, 0) is 4.84 Å². The molecule has 2 nitrogen and oxygen atoms in total. The van der Waals surface area contributed by atoms with Crippen molar-refractivity contribution in [3.8, 4) is 0 Å². The van der Waals surface area contributed by atoms with Crippen molar-refractivity contribution in [1.82, 2.24) is 5.06 Å². The Balaban J connectivity index is 2.19. The SMILES string of the molecule is CON1C(=S)CC2CCCC2C1=S. The van der Waals surface area contributed by atoms with E-state index in [0.717, 1.165) is 16.4 Å². The lowest BCUT2D eigenvalue weighted by molar-refractivity contribution is -0.00792. The first-order chi connectivity index (χ1) is 6.24. The van der Waals surface area contributed by atoms with Crippen LogP contribution in [0.15, 0.2) is 0 Å². The number of nitrogens with zero attached hydrogens (tertiary/aromatic N) is 1. The Morgan fingerprint density at radius 3 is 2.85 bits per heavy atom. The molecule has 2 fully saturated rings. The van der Waals surface area contributed by atoms with Crippen molar-refractivity contribution >= 4 is 34.4 Å². The Bertz CT molecular complexity index is 254. The lowest BCUT2D eigenvalue weighted by Gasteiger charge is -2.35. The molecule has 2 unspecified atom stereocenters. The van der Waals surface area contributed by atoms with Crippen LogP contribution in [0, 0.1) is 11.8 Å². The summed E-state index contributed by atoms with van der Waals surface area (Å²) in [7, 11) is 1.63. The molecule has 72 valence electrons. The van der Waals surface area contributed by atoms with Crippen molar-refractivity contribution in [3.63, 3.8) is 0 Å². The van der Waals surface area contributed by atoms with E-state index in [1.54, 1.807) is 12.2 Å². The molecule has 0 bridgehead atoms. The van der Waals surface area contributed by atoms with E-state index in [4.69, 9.17) is 29.3 Å². The second kappa shape index (κ2) is 3.59. The van der Waals surface area contributed by atoms with Gasteiger partial charge in [0, 0.05) is 12.3 Å². The summed E-state index contributed by atoms with van der Waals surface area (Å²) in [6.45, 7) is 0. The summed E-state index contributed by atoms with van der Waals surface area (Å²) in [6.07, 6.45) is 4.76. The van der Waals surface area contributed by atoms with Gasteiger partial charge >= 0.3 is 0 Å². The van der Waals surface area contributed by atoms with Gasteiger partial charge in [-0.05, 0) is 18.8 Å². The largest absolute Gasteiger partial charge is 0.271 e.